The number of hydrogen-bond donors (Lipinski definition) is 3. The van der Waals surface area contributed by atoms with Gasteiger partial charge in [0.05, 0.1) is 32.0 Å². The van der Waals surface area contributed by atoms with Gasteiger partial charge in [-0.25, -0.2) is 4.57 Å². The molecule has 0 aliphatic carbocycles. The number of phosphoric ester groups is 1. The summed E-state index contributed by atoms with van der Waals surface area (Å²) in [5.41, 5.74) is 0. The number of unbranched alkanes of at least 4 members (excludes halogenated alkanes) is 9. The molecule has 0 saturated carbocycles. The van der Waals surface area contributed by atoms with Crippen LogP contribution in [0.3, 0.4) is 0 Å². The minimum absolute atomic E-state index is 0.0903. The number of allylic oxidation sites excluding steroid dienone is 5. The lowest BCUT2D eigenvalue weighted by Crippen LogP contribution is -2.30. The summed E-state index contributed by atoms with van der Waals surface area (Å²) in [6.07, 6.45) is 28.7. The Bertz CT molecular complexity index is 1030. The summed E-state index contributed by atoms with van der Waals surface area (Å²) in [6, 6.07) is 0. The first kappa shape index (κ1) is 47.2. The summed E-state index contributed by atoms with van der Waals surface area (Å²) in [7, 11) is -4.63. The van der Waals surface area contributed by atoms with E-state index in [1.54, 1.807) is 0 Å². The average molecular weight is 745 g/mol. The van der Waals surface area contributed by atoms with Crippen LogP contribution in [-0.2, 0) is 37.4 Å². The minimum atomic E-state index is -4.63. The van der Waals surface area contributed by atoms with Gasteiger partial charge in [-0.1, -0.05) is 115 Å². The van der Waals surface area contributed by atoms with E-state index < -0.39 is 51.8 Å². The normalized spacial score (nSPS) is 18.5. The van der Waals surface area contributed by atoms with Crippen LogP contribution in [0, 0.1) is 5.92 Å². The highest BCUT2D eigenvalue weighted by atomic mass is 31.2. The number of hydrogen-bond acceptors (Lipinski definition) is 10. The number of carbonyl (C=O) groups excluding carboxylic acids is 2. The molecule has 11 nitrogen and oxygen atoms in total. The smallest absolute Gasteiger partial charge is 0.462 e. The Labute approximate surface area is 307 Å². The lowest BCUT2D eigenvalue weighted by molar-refractivity contribution is -0.161. The van der Waals surface area contributed by atoms with Gasteiger partial charge in [-0.3, -0.25) is 18.6 Å². The molecule has 1 aliphatic rings. The molecule has 12 heteroatoms. The van der Waals surface area contributed by atoms with Gasteiger partial charge < -0.3 is 29.3 Å². The third-order valence-electron chi connectivity index (χ3n) is 8.40. The monoisotopic (exact) mass is 744 g/mol. The second-order valence-corrected chi connectivity index (χ2v) is 15.3. The molecule has 1 saturated heterocycles. The van der Waals surface area contributed by atoms with Crippen molar-refractivity contribution in [3.63, 3.8) is 0 Å². The zero-order valence-electron chi connectivity index (χ0n) is 31.7. The molecule has 0 aromatic carbocycles. The number of aliphatic hydroxyl groups excluding tert-OH is 2. The van der Waals surface area contributed by atoms with Crippen LogP contribution in [0.4, 0.5) is 0 Å². The first-order valence-electron chi connectivity index (χ1n) is 19.4. The highest BCUT2D eigenvalue weighted by Gasteiger charge is 2.37. The van der Waals surface area contributed by atoms with Gasteiger partial charge in [0.1, 0.15) is 12.7 Å². The maximum absolute atomic E-state index is 12.6. The van der Waals surface area contributed by atoms with E-state index in [0.29, 0.717) is 19.3 Å². The molecule has 1 aliphatic heterocycles. The summed E-state index contributed by atoms with van der Waals surface area (Å²) in [6.45, 7) is 4.49. The highest BCUT2D eigenvalue weighted by Crippen LogP contribution is 2.43. The van der Waals surface area contributed by atoms with E-state index in [2.05, 4.69) is 61.8 Å². The zero-order chi connectivity index (χ0) is 37.6. The van der Waals surface area contributed by atoms with Crippen molar-refractivity contribution in [3.8, 4) is 0 Å². The van der Waals surface area contributed by atoms with Crippen molar-refractivity contribution in [2.45, 2.75) is 167 Å². The van der Waals surface area contributed by atoms with E-state index in [0.717, 1.165) is 50.9 Å². The van der Waals surface area contributed by atoms with Gasteiger partial charge in [0.15, 0.2) is 6.10 Å². The number of carbonyl (C=O) groups is 2. The summed E-state index contributed by atoms with van der Waals surface area (Å²) >= 11 is 0. The first-order valence-corrected chi connectivity index (χ1v) is 20.9. The van der Waals surface area contributed by atoms with Crippen molar-refractivity contribution < 1.29 is 52.5 Å². The van der Waals surface area contributed by atoms with Crippen molar-refractivity contribution in [1.82, 2.24) is 0 Å². The zero-order valence-corrected chi connectivity index (χ0v) is 32.6. The molecule has 0 radical (unpaired) electrons. The van der Waals surface area contributed by atoms with Crippen molar-refractivity contribution in [1.29, 1.82) is 0 Å². The number of epoxide rings is 1. The third kappa shape index (κ3) is 29.3. The van der Waals surface area contributed by atoms with Crippen molar-refractivity contribution >= 4 is 19.8 Å². The van der Waals surface area contributed by atoms with Crippen molar-refractivity contribution in [3.05, 3.63) is 36.5 Å². The van der Waals surface area contributed by atoms with Crippen LogP contribution in [0.15, 0.2) is 36.5 Å². The summed E-state index contributed by atoms with van der Waals surface area (Å²) in [5.74, 6) is -0.269. The number of phosphoric acid groups is 1. The summed E-state index contributed by atoms with van der Waals surface area (Å²) in [5, 5.41) is 18.3. The van der Waals surface area contributed by atoms with E-state index >= 15 is 0 Å². The lowest BCUT2D eigenvalue weighted by atomic mass is 10.0. The molecule has 51 heavy (non-hydrogen) atoms. The second kappa shape index (κ2) is 30.6. The molecule has 1 rings (SSSR count). The molecule has 0 aromatic rings. The lowest BCUT2D eigenvalue weighted by Gasteiger charge is -2.20. The minimum Gasteiger partial charge on any atom is -0.462 e. The third-order valence-corrected chi connectivity index (χ3v) is 9.35. The quantitative estimate of drug-likeness (QED) is 0.0191. The predicted molar refractivity (Wildman–Crippen MR) is 200 cm³/mol. The molecule has 3 unspecified atom stereocenters. The van der Waals surface area contributed by atoms with E-state index in [4.69, 9.17) is 23.8 Å². The maximum Gasteiger partial charge on any atom is 0.472 e. The fourth-order valence-electron chi connectivity index (χ4n) is 5.26. The van der Waals surface area contributed by atoms with Crippen LogP contribution in [0.25, 0.3) is 0 Å². The molecular weight excluding hydrogens is 675 g/mol. The SMILES string of the molecule is CCCCC/C=C\C/C=C\C/C=C\CC1OC1CCCC(=O)O[C@H](COC(=O)CCCCCCCCCC(C)C)COP(=O)(O)OC[C@@H](O)CO. The average Bonchev–Trinajstić information content (AvgIpc) is 3.85. The molecule has 0 bridgehead atoms. The van der Waals surface area contributed by atoms with Crippen LogP contribution in [0.5, 0.6) is 0 Å². The molecule has 0 amide bonds. The Hall–Kier alpha value is -1.85. The van der Waals surface area contributed by atoms with Crippen LogP contribution in [0.2, 0.25) is 0 Å². The standard InChI is InChI=1S/C39H69O11P/c1-4-5-6-7-8-9-10-11-12-15-18-21-25-36-37(50-36)26-23-28-39(43)49-35(32-48-51(44,45)47-30-34(41)29-40)31-46-38(42)27-22-19-16-13-14-17-20-24-33(2)3/h8-9,11-12,18,21,33-37,40-41H,4-7,10,13-17,19-20,22-32H2,1-3H3,(H,44,45)/b9-8-,12-11-,21-18-/t34-,35+,36?,37?/m0/s1. The van der Waals surface area contributed by atoms with Crippen molar-refractivity contribution in [2.75, 3.05) is 26.4 Å². The van der Waals surface area contributed by atoms with E-state index in [1.807, 2.05) is 0 Å². The Balaban J connectivity index is 2.36. The summed E-state index contributed by atoms with van der Waals surface area (Å²) < 4.78 is 38.3. The number of aliphatic hydroxyl groups is 2. The molecule has 296 valence electrons. The van der Waals surface area contributed by atoms with Gasteiger partial charge in [-0.2, -0.15) is 0 Å². The molecular formula is C39H69O11P. The topological polar surface area (TPSA) is 161 Å². The molecule has 1 heterocycles. The number of rotatable bonds is 34. The Morgan fingerprint density at radius 3 is 2.08 bits per heavy atom. The Kier molecular flexibility index (Phi) is 28.3. The molecule has 1 fully saturated rings. The summed E-state index contributed by atoms with van der Waals surface area (Å²) in [4.78, 5) is 34.9. The largest absolute Gasteiger partial charge is 0.472 e. The van der Waals surface area contributed by atoms with Gasteiger partial charge in [-0.05, 0) is 57.3 Å². The van der Waals surface area contributed by atoms with Crippen molar-refractivity contribution in [2.24, 2.45) is 5.92 Å². The number of esters is 2. The van der Waals surface area contributed by atoms with Crippen LogP contribution >= 0.6 is 7.82 Å². The second-order valence-electron chi connectivity index (χ2n) is 13.8. The Morgan fingerprint density at radius 1 is 0.765 bits per heavy atom. The van der Waals surface area contributed by atoms with E-state index in [1.165, 1.54) is 44.9 Å². The fraction of sp³-hybridized carbons (Fsp3) is 0.795. The first-order chi connectivity index (χ1) is 24.6. The molecule has 0 aromatic heterocycles. The Morgan fingerprint density at radius 2 is 1.39 bits per heavy atom. The van der Waals surface area contributed by atoms with Gasteiger partial charge in [0.25, 0.3) is 0 Å². The van der Waals surface area contributed by atoms with Gasteiger partial charge in [0.2, 0.25) is 0 Å². The van der Waals surface area contributed by atoms with Gasteiger partial charge in [0, 0.05) is 12.8 Å². The molecule has 3 N–H and O–H groups in total. The van der Waals surface area contributed by atoms with Gasteiger partial charge in [-0.15, -0.1) is 0 Å². The van der Waals surface area contributed by atoms with Crippen LogP contribution in [0.1, 0.15) is 143 Å². The van der Waals surface area contributed by atoms with Gasteiger partial charge >= 0.3 is 19.8 Å². The number of ether oxygens (including phenoxy) is 3. The fourth-order valence-corrected chi connectivity index (χ4v) is 6.05. The van der Waals surface area contributed by atoms with Crippen LogP contribution < -0.4 is 0 Å². The molecule has 0 spiro atoms. The maximum atomic E-state index is 12.6. The highest BCUT2D eigenvalue weighted by molar-refractivity contribution is 7.47. The van der Waals surface area contributed by atoms with E-state index in [9.17, 15) is 24.2 Å². The van der Waals surface area contributed by atoms with Crippen LogP contribution in [-0.4, -0.2) is 77.9 Å². The molecule has 5 atom stereocenters. The van der Waals surface area contributed by atoms with E-state index in [-0.39, 0.29) is 31.7 Å². The predicted octanol–water partition coefficient (Wildman–Crippen LogP) is 8.45.